The Morgan fingerprint density at radius 1 is 1.09 bits per heavy atom. The minimum atomic E-state index is 0.204. The van der Waals surface area contributed by atoms with Gasteiger partial charge in [0.15, 0.2) is 5.96 Å². The summed E-state index contributed by atoms with van der Waals surface area (Å²) in [6, 6.07) is 16.9. The average Bonchev–Trinajstić information content (AvgIpc) is 3.26. The lowest BCUT2D eigenvalue weighted by Crippen LogP contribution is -2.25. The van der Waals surface area contributed by atoms with Crippen LogP contribution in [0.1, 0.15) is 29.5 Å². The van der Waals surface area contributed by atoms with Crippen LogP contribution in [0.3, 0.4) is 0 Å². The quantitative estimate of drug-likeness (QED) is 0.666. The summed E-state index contributed by atoms with van der Waals surface area (Å²) in [5, 5.41) is 3.20. The van der Waals surface area contributed by atoms with Crippen LogP contribution in [-0.4, -0.2) is 12.5 Å². The summed E-state index contributed by atoms with van der Waals surface area (Å²) in [7, 11) is 0. The number of nitrogens with one attached hydrogen (secondary N) is 1. The number of rotatable bonds is 4. The maximum Gasteiger partial charge on any atom is 0.193 e. The van der Waals surface area contributed by atoms with E-state index in [2.05, 4.69) is 72.7 Å². The molecule has 0 radical (unpaired) electrons. The van der Waals surface area contributed by atoms with Gasteiger partial charge in [-0.25, -0.2) is 0 Å². The minimum absolute atomic E-state index is 0.204. The molecule has 3 rings (SSSR count). The van der Waals surface area contributed by atoms with Crippen LogP contribution < -0.4 is 11.1 Å². The van der Waals surface area contributed by atoms with E-state index in [9.17, 15) is 0 Å². The van der Waals surface area contributed by atoms with E-state index in [4.69, 9.17) is 5.73 Å². The van der Waals surface area contributed by atoms with Gasteiger partial charge in [0.2, 0.25) is 0 Å². The Balaban J connectivity index is 1.68. The molecule has 2 aromatic carbocycles. The molecule has 0 unspecified atom stereocenters. The molecule has 3 heteroatoms. The third kappa shape index (κ3) is 3.30. The van der Waals surface area contributed by atoms with E-state index in [1.54, 1.807) is 0 Å². The highest BCUT2D eigenvalue weighted by Crippen LogP contribution is 2.48. The van der Waals surface area contributed by atoms with E-state index < -0.39 is 0 Å². The second-order valence-corrected chi connectivity index (χ2v) is 6.35. The van der Waals surface area contributed by atoms with Crippen molar-refractivity contribution >= 4 is 11.6 Å². The van der Waals surface area contributed by atoms with Gasteiger partial charge < -0.3 is 11.1 Å². The average molecular weight is 293 g/mol. The van der Waals surface area contributed by atoms with Crippen molar-refractivity contribution in [3.8, 4) is 0 Å². The predicted molar refractivity (Wildman–Crippen MR) is 93.4 cm³/mol. The molecule has 0 amide bonds. The summed E-state index contributed by atoms with van der Waals surface area (Å²) in [5.41, 5.74) is 11.1. The summed E-state index contributed by atoms with van der Waals surface area (Å²) in [5.74, 6) is 0.493. The maximum atomic E-state index is 6.06. The molecule has 1 aliphatic carbocycles. The summed E-state index contributed by atoms with van der Waals surface area (Å²) < 4.78 is 0. The second-order valence-electron chi connectivity index (χ2n) is 6.35. The largest absolute Gasteiger partial charge is 0.370 e. The Bertz CT molecular complexity index is 665. The van der Waals surface area contributed by atoms with Crippen LogP contribution >= 0.6 is 0 Å². The van der Waals surface area contributed by atoms with Gasteiger partial charge in [-0.1, -0.05) is 36.4 Å². The summed E-state index contributed by atoms with van der Waals surface area (Å²) in [4.78, 5) is 4.57. The van der Waals surface area contributed by atoms with E-state index in [0.717, 1.165) is 12.2 Å². The monoisotopic (exact) mass is 293 g/mol. The van der Waals surface area contributed by atoms with Gasteiger partial charge in [0, 0.05) is 11.1 Å². The zero-order valence-corrected chi connectivity index (χ0v) is 13.3. The van der Waals surface area contributed by atoms with Crippen LogP contribution in [0.2, 0.25) is 0 Å². The molecule has 1 saturated carbocycles. The standard InChI is InChI=1S/C19H23N3/c1-14-10-15(2)12-17(11-14)22-18(20)21-13-19(8-9-19)16-6-4-3-5-7-16/h3-7,10-12H,8-9,13H2,1-2H3,(H3,20,21,22). The molecule has 114 valence electrons. The maximum absolute atomic E-state index is 6.06. The van der Waals surface area contributed by atoms with E-state index in [0.29, 0.717) is 5.96 Å². The third-order valence-electron chi connectivity index (χ3n) is 4.29. The first-order valence-electron chi connectivity index (χ1n) is 7.78. The number of hydrogen-bond acceptors (Lipinski definition) is 1. The second kappa shape index (κ2) is 5.84. The first-order valence-corrected chi connectivity index (χ1v) is 7.78. The number of nitrogens with zero attached hydrogens (tertiary/aromatic N) is 1. The lowest BCUT2D eigenvalue weighted by molar-refractivity contribution is 0.705. The summed E-state index contributed by atoms with van der Waals surface area (Å²) in [6.07, 6.45) is 2.38. The molecule has 0 aliphatic heterocycles. The third-order valence-corrected chi connectivity index (χ3v) is 4.29. The van der Waals surface area contributed by atoms with Crippen molar-refractivity contribution in [2.24, 2.45) is 10.7 Å². The highest BCUT2D eigenvalue weighted by atomic mass is 15.1. The van der Waals surface area contributed by atoms with Gasteiger partial charge in [0.25, 0.3) is 0 Å². The van der Waals surface area contributed by atoms with Crippen LogP contribution in [0.5, 0.6) is 0 Å². The normalized spacial score (nSPS) is 16.4. The molecule has 0 atom stereocenters. The van der Waals surface area contributed by atoms with E-state index >= 15 is 0 Å². The Kier molecular flexibility index (Phi) is 3.88. The van der Waals surface area contributed by atoms with Crippen molar-refractivity contribution in [3.63, 3.8) is 0 Å². The number of aliphatic imine (C=N–C) groups is 1. The van der Waals surface area contributed by atoms with Gasteiger partial charge in [-0.2, -0.15) is 0 Å². The van der Waals surface area contributed by atoms with Crippen LogP contribution in [0.25, 0.3) is 0 Å². The molecular formula is C19H23N3. The number of aryl methyl sites for hydroxylation is 2. The van der Waals surface area contributed by atoms with Crippen molar-refractivity contribution in [3.05, 3.63) is 65.2 Å². The topological polar surface area (TPSA) is 50.4 Å². The molecule has 2 aromatic rings. The van der Waals surface area contributed by atoms with Crippen LogP contribution in [0.15, 0.2) is 53.5 Å². The first-order chi connectivity index (χ1) is 10.6. The minimum Gasteiger partial charge on any atom is -0.370 e. The lowest BCUT2D eigenvalue weighted by Gasteiger charge is -2.14. The van der Waals surface area contributed by atoms with Crippen molar-refractivity contribution in [1.82, 2.24) is 0 Å². The zero-order chi connectivity index (χ0) is 15.6. The number of hydrogen-bond donors (Lipinski definition) is 2. The molecule has 0 heterocycles. The van der Waals surface area contributed by atoms with Gasteiger partial charge >= 0.3 is 0 Å². The highest BCUT2D eigenvalue weighted by molar-refractivity contribution is 5.92. The van der Waals surface area contributed by atoms with E-state index in [-0.39, 0.29) is 5.41 Å². The van der Waals surface area contributed by atoms with Gasteiger partial charge in [0.05, 0.1) is 6.54 Å². The van der Waals surface area contributed by atoms with Gasteiger partial charge in [0.1, 0.15) is 0 Å². The Morgan fingerprint density at radius 2 is 1.73 bits per heavy atom. The number of anilines is 1. The fraction of sp³-hybridized carbons (Fsp3) is 0.316. The molecule has 3 N–H and O–H groups in total. The molecule has 1 aliphatic rings. The predicted octanol–water partition coefficient (Wildman–Crippen LogP) is 3.76. The Labute approximate surface area is 132 Å². The zero-order valence-electron chi connectivity index (χ0n) is 13.3. The fourth-order valence-electron chi connectivity index (χ4n) is 2.95. The Morgan fingerprint density at radius 3 is 2.32 bits per heavy atom. The first kappa shape index (κ1) is 14.6. The SMILES string of the molecule is Cc1cc(C)cc(NC(N)=NCC2(c3ccccc3)CC2)c1. The van der Waals surface area contributed by atoms with Gasteiger partial charge in [-0.3, -0.25) is 4.99 Å². The number of nitrogens with two attached hydrogens (primary N) is 1. The van der Waals surface area contributed by atoms with Crippen molar-refractivity contribution < 1.29 is 0 Å². The molecular weight excluding hydrogens is 270 g/mol. The molecule has 0 saturated heterocycles. The molecule has 0 bridgehead atoms. The van der Waals surface area contributed by atoms with Gasteiger partial charge in [-0.05, 0) is 55.5 Å². The van der Waals surface area contributed by atoms with Crippen LogP contribution in [-0.2, 0) is 5.41 Å². The van der Waals surface area contributed by atoms with E-state index in [1.165, 1.54) is 29.5 Å². The summed E-state index contributed by atoms with van der Waals surface area (Å²) >= 11 is 0. The lowest BCUT2D eigenvalue weighted by atomic mass is 9.96. The summed E-state index contributed by atoms with van der Waals surface area (Å²) in [6.45, 7) is 4.92. The van der Waals surface area contributed by atoms with Crippen molar-refractivity contribution in [2.75, 3.05) is 11.9 Å². The molecule has 0 spiro atoms. The Hall–Kier alpha value is -2.29. The number of benzene rings is 2. The number of guanidine groups is 1. The molecule has 3 nitrogen and oxygen atoms in total. The molecule has 0 aromatic heterocycles. The molecule has 1 fully saturated rings. The van der Waals surface area contributed by atoms with Gasteiger partial charge in [-0.15, -0.1) is 0 Å². The molecule has 22 heavy (non-hydrogen) atoms. The van der Waals surface area contributed by atoms with Crippen molar-refractivity contribution in [1.29, 1.82) is 0 Å². The van der Waals surface area contributed by atoms with Crippen LogP contribution in [0.4, 0.5) is 5.69 Å². The van der Waals surface area contributed by atoms with Crippen LogP contribution in [0, 0.1) is 13.8 Å². The fourth-order valence-corrected chi connectivity index (χ4v) is 2.95. The van der Waals surface area contributed by atoms with E-state index in [1.807, 2.05) is 0 Å². The van der Waals surface area contributed by atoms with Crippen molar-refractivity contribution in [2.45, 2.75) is 32.1 Å². The highest BCUT2D eigenvalue weighted by Gasteiger charge is 2.43. The smallest absolute Gasteiger partial charge is 0.193 e.